The first-order valence-corrected chi connectivity index (χ1v) is 16.8. The summed E-state index contributed by atoms with van der Waals surface area (Å²) in [6.07, 6.45) is -5.19. The molecule has 0 spiro atoms. The number of halogens is 4. The summed E-state index contributed by atoms with van der Waals surface area (Å²) in [5, 5.41) is 5.19. The van der Waals surface area contributed by atoms with Gasteiger partial charge in [-0.3, -0.25) is 23.8 Å². The standard InChI is InChI=1S/C25H31ClF3N5O8S2/c1-5-33-13-20(21(26)31-33)44(39,40)34-12-16(10-14(2)22(35)32-43(37,38)17-7-8-17)41-19-9-6-15(11-18(19)34)30-23(36)42-24(3,4)25(27,28)29/h6,9,11,13-14,16-17H,5,7-8,10,12H2,1-4H3,(H,30,36)(H,32,35)/t14-,16+/m0/s1. The number of aryl methyl sites for hydroxylation is 1. The molecule has 1 fully saturated rings. The second-order valence-corrected chi connectivity index (χ2v) is 15.1. The van der Waals surface area contributed by atoms with Crippen LogP contribution in [0.3, 0.4) is 0 Å². The molecule has 2 heterocycles. The number of nitrogens with zero attached hydrogens (tertiary/aromatic N) is 3. The highest BCUT2D eigenvalue weighted by Crippen LogP contribution is 2.41. The molecular formula is C25H31ClF3N5O8S2. The minimum absolute atomic E-state index is 0.00317. The number of amides is 2. The highest BCUT2D eigenvalue weighted by Gasteiger charge is 2.51. The van der Waals surface area contributed by atoms with Gasteiger partial charge in [0.2, 0.25) is 21.5 Å². The van der Waals surface area contributed by atoms with Crippen molar-refractivity contribution in [3.05, 3.63) is 29.5 Å². The van der Waals surface area contributed by atoms with Crippen molar-refractivity contribution in [1.29, 1.82) is 0 Å². The number of alkyl halides is 3. The summed E-state index contributed by atoms with van der Waals surface area (Å²) in [6.45, 7) is 4.46. The number of anilines is 2. The van der Waals surface area contributed by atoms with Gasteiger partial charge < -0.3 is 9.47 Å². The van der Waals surface area contributed by atoms with Crippen LogP contribution in [-0.2, 0) is 36.1 Å². The number of ether oxygens (including phenoxy) is 2. The molecule has 244 valence electrons. The molecular weight excluding hydrogens is 655 g/mol. The lowest BCUT2D eigenvalue weighted by molar-refractivity contribution is -0.242. The summed E-state index contributed by atoms with van der Waals surface area (Å²) in [4.78, 5) is 24.6. The van der Waals surface area contributed by atoms with E-state index in [9.17, 15) is 39.6 Å². The third-order valence-electron chi connectivity index (χ3n) is 7.02. The molecule has 1 aromatic heterocycles. The first-order chi connectivity index (χ1) is 20.2. The normalized spacial score (nSPS) is 18.2. The SMILES string of the molecule is CCn1cc(S(=O)(=O)N2C[C@@H](C[C@H](C)C(=O)NS(=O)(=O)C3CC3)Oc3ccc(NC(=O)OC(C)(C)C(F)(F)F)cc32)c(Cl)n1. The predicted octanol–water partition coefficient (Wildman–Crippen LogP) is 4.04. The fraction of sp³-hybridized carbons (Fsp3) is 0.560. The average molecular weight is 686 g/mol. The Balaban J connectivity index is 1.63. The van der Waals surface area contributed by atoms with E-state index in [1.165, 1.54) is 36.0 Å². The number of nitrogens with one attached hydrogen (secondary N) is 2. The second-order valence-electron chi connectivity index (χ2n) is 11.0. The fourth-order valence-electron chi connectivity index (χ4n) is 4.21. The molecule has 2 aromatic rings. The molecule has 13 nitrogen and oxygen atoms in total. The quantitative estimate of drug-likeness (QED) is 0.375. The van der Waals surface area contributed by atoms with E-state index in [0.717, 1.165) is 4.31 Å². The Bertz CT molecular complexity index is 1660. The number of rotatable bonds is 10. The molecule has 4 rings (SSSR count). The van der Waals surface area contributed by atoms with E-state index in [4.69, 9.17) is 16.3 Å². The van der Waals surface area contributed by atoms with Crippen molar-refractivity contribution in [1.82, 2.24) is 14.5 Å². The molecule has 0 saturated heterocycles. The van der Waals surface area contributed by atoms with E-state index in [1.54, 1.807) is 6.92 Å². The number of benzene rings is 1. The van der Waals surface area contributed by atoms with E-state index < -0.39 is 61.1 Å². The minimum Gasteiger partial charge on any atom is -0.486 e. The van der Waals surface area contributed by atoms with Crippen LogP contribution in [0.2, 0.25) is 5.15 Å². The van der Waals surface area contributed by atoms with E-state index >= 15 is 0 Å². The average Bonchev–Trinajstić information content (AvgIpc) is 3.69. The Kier molecular flexibility index (Phi) is 9.12. The lowest BCUT2D eigenvalue weighted by Gasteiger charge is -2.36. The molecule has 1 saturated carbocycles. The van der Waals surface area contributed by atoms with Gasteiger partial charge in [-0.2, -0.15) is 18.3 Å². The third-order valence-corrected chi connectivity index (χ3v) is 11.0. The van der Waals surface area contributed by atoms with Gasteiger partial charge in [0.15, 0.2) is 5.15 Å². The molecule has 0 bridgehead atoms. The topological polar surface area (TPSA) is 166 Å². The lowest BCUT2D eigenvalue weighted by Crippen LogP contribution is -2.46. The summed E-state index contributed by atoms with van der Waals surface area (Å²) >= 11 is 6.16. The molecule has 2 atom stereocenters. The van der Waals surface area contributed by atoms with Crippen LogP contribution in [0.5, 0.6) is 5.75 Å². The summed E-state index contributed by atoms with van der Waals surface area (Å²) < 4.78 is 107. The number of carbonyl (C=O) groups excluding carboxylic acids is 2. The summed E-state index contributed by atoms with van der Waals surface area (Å²) in [5.41, 5.74) is -3.01. The number of carbonyl (C=O) groups is 2. The maximum absolute atomic E-state index is 13.9. The van der Waals surface area contributed by atoms with Gasteiger partial charge in [0, 0.05) is 24.3 Å². The maximum Gasteiger partial charge on any atom is 0.427 e. The van der Waals surface area contributed by atoms with Crippen LogP contribution in [0.1, 0.15) is 47.0 Å². The molecule has 2 amide bonds. The Hall–Kier alpha value is -3.25. The van der Waals surface area contributed by atoms with Crippen molar-refractivity contribution in [2.24, 2.45) is 5.92 Å². The molecule has 0 radical (unpaired) electrons. The van der Waals surface area contributed by atoms with Crippen LogP contribution in [-0.4, -0.2) is 68.3 Å². The maximum atomic E-state index is 13.9. The highest BCUT2D eigenvalue weighted by atomic mass is 35.5. The van der Waals surface area contributed by atoms with E-state index in [0.29, 0.717) is 33.2 Å². The molecule has 1 aromatic carbocycles. The van der Waals surface area contributed by atoms with Gasteiger partial charge in [0.25, 0.3) is 10.0 Å². The van der Waals surface area contributed by atoms with Gasteiger partial charge in [0.1, 0.15) is 16.7 Å². The predicted molar refractivity (Wildman–Crippen MR) is 152 cm³/mol. The van der Waals surface area contributed by atoms with Crippen LogP contribution >= 0.6 is 11.6 Å². The van der Waals surface area contributed by atoms with Gasteiger partial charge in [-0.15, -0.1) is 0 Å². The largest absolute Gasteiger partial charge is 0.486 e. The summed E-state index contributed by atoms with van der Waals surface area (Å²) in [6, 6.07) is 3.71. The third kappa shape index (κ3) is 7.17. The zero-order valence-electron chi connectivity index (χ0n) is 24.0. The number of fused-ring (bicyclic) bond motifs is 1. The number of aromatic nitrogens is 2. The minimum atomic E-state index is -4.85. The molecule has 1 aliphatic heterocycles. The Morgan fingerprint density at radius 2 is 1.86 bits per heavy atom. The Morgan fingerprint density at radius 3 is 2.43 bits per heavy atom. The zero-order chi connectivity index (χ0) is 32.8. The molecule has 19 heteroatoms. The smallest absolute Gasteiger partial charge is 0.427 e. The number of hydrogen-bond donors (Lipinski definition) is 2. The molecule has 44 heavy (non-hydrogen) atoms. The van der Waals surface area contributed by atoms with Crippen LogP contribution in [0.15, 0.2) is 29.3 Å². The van der Waals surface area contributed by atoms with Crippen molar-refractivity contribution in [2.45, 2.75) is 81.5 Å². The van der Waals surface area contributed by atoms with Crippen LogP contribution in [0, 0.1) is 5.92 Å². The van der Waals surface area contributed by atoms with Crippen molar-refractivity contribution < 1.29 is 49.1 Å². The monoisotopic (exact) mass is 685 g/mol. The number of hydrogen-bond acceptors (Lipinski definition) is 9. The highest BCUT2D eigenvalue weighted by molar-refractivity contribution is 7.93. The Labute approximate surface area is 257 Å². The molecule has 2 aliphatic rings. The van der Waals surface area contributed by atoms with Crippen molar-refractivity contribution in [3.8, 4) is 5.75 Å². The first-order valence-electron chi connectivity index (χ1n) is 13.4. The lowest BCUT2D eigenvalue weighted by atomic mass is 10.0. The summed E-state index contributed by atoms with van der Waals surface area (Å²) in [7, 11) is -8.27. The molecule has 0 unspecified atom stereocenters. The van der Waals surface area contributed by atoms with Crippen LogP contribution < -0.4 is 19.1 Å². The van der Waals surface area contributed by atoms with Crippen LogP contribution in [0.4, 0.5) is 29.3 Å². The van der Waals surface area contributed by atoms with Crippen molar-refractivity contribution in [3.63, 3.8) is 0 Å². The Morgan fingerprint density at radius 1 is 1.20 bits per heavy atom. The fourth-order valence-corrected chi connectivity index (χ4v) is 7.56. The second kappa shape index (κ2) is 11.9. The van der Waals surface area contributed by atoms with E-state index in [1.807, 2.05) is 0 Å². The van der Waals surface area contributed by atoms with Crippen molar-refractivity contribution >= 4 is 55.0 Å². The number of sulfonamides is 2. The van der Waals surface area contributed by atoms with Gasteiger partial charge in [0.05, 0.1) is 17.5 Å². The molecule has 1 aliphatic carbocycles. The zero-order valence-corrected chi connectivity index (χ0v) is 26.4. The van der Waals surface area contributed by atoms with Crippen LogP contribution in [0.25, 0.3) is 0 Å². The molecule has 2 N–H and O–H groups in total. The van der Waals surface area contributed by atoms with E-state index in [2.05, 4.69) is 19.9 Å². The first kappa shape index (κ1) is 33.6. The summed E-state index contributed by atoms with van der Waals surface area (Å²) in [5.74, 6) is -1.68. The van der Waals surface area contributed by atoms with Gasteiger partial charge in [-0.1, -0.05) is 18.5 Å². The van der Waals surface area contributed by atoms with Gasteiger partial charge in [-0.25, -0.2) is 21.6 Å². The van der Waals surface area contributed by atoms with Crippen molar-refractivity contribution in [2.75, 3.05) is 16.2 Å². The van der Waals surface area contributed by atoms with Gasteiger partial charge >= 0.3 is 12.3 Å². The van der Waals surface area contributed by atoms with E-state index in [-0.39, 0.29) is 40.1 Å². The van der Waals surface area contributed by atoms with Gasteiger partial charge in [-0.05, 0) is 58.2 Å².